The third kappa shape index (κ3) is 3.82. The Hall–Kier alpha value is -0.410. The van der Waals surface area contributed by atoms with Crippen LogP contribution >= 0.6 is 15.9 Å². The number of benzene rings is 1. The maximum absolute atomic E-state index is 13.4. The van der Waals surface area contributed by atoms with E-state index in [1.807, 2.05) is 0 Å². The van der Waals surface area contributed by atoms with Gasteiger partial charge in [0.15, 0.2) is 0 Å². The average Bonchev–Trinajstić information content (AvgIpc) is 2.33. The first-order valence-corrected chi connectivity index (χ1v) is 8.22. The van der Waals surface area contributed by atoms with Gasteiger partial charge in [0.25, 0.3) is 0 Å². The van der Waals surface area contributed by atoms with E-state index in [-0.39, 0.29) is 11.4 Å². The monoisotopic (exact) mass is 341 g/mol. The van der Waals surface area contributed by atoms with Gasteiger partial charge in [-0.05, 0) is 67.2 Å². The van der Waals surface area contributed by atoms with Crippen molar-refractivity contribution >= 4 is 15.9 Å². The first-order valence-electron chi connectivity index (χ1n) is 7.42. The molecule has 3 heteroatoms. The smallest absolute Gasteiger partial charge is 0.123 e. The van der Waals surface area contributed by atoms with Gasteiger partial charge in [-0.3, -0.25) is 0 Å². The molecule has 1 aromatic rings. The highest BCUT2D eigenvalue weighted by Gasteiger charge is 2.36. The summed E-state index contributed by atoms with van der Waals surface area (Å²) in [6.45, 7) is 6.93. The third-order valence-corrected chi connectivity index (χ3v) is 5.53. The summed E-state index contributed by atoms with van der Waals surface area (Å²) in [6, 6.07) is 4.86. The van der Waals surface area contributed by atoms with Crippen LogP contribution in [0.15, 0.2) is 22.7 Å². The zero-order valence-electron chi connectivity index (χ0n) is 12.7. The Labute approximate surface area is 130 Å². The van der Waals surface area contributed by atoms with Gasteiger partial charge in [0.2, 0.25) is 0 Å². The van der Waals surface area contributed by atoms with E-state index in [2.05, 4.69) is 36.7 Å². The van der Waals surface area contributed by atoms with E-state index >= 15 is 0 Å². The molecule has 112 valence electrons. The van der Waals surface area contributed by atoms with Crippen molar-refractivity contribution in [2.24, 2.45) is 17.1 Å². The second-order valence-corrected chi connectivity index (χ2v) is 8.27. The van der Waals surface area contributed by atoms with Crippen molar-refractivity contribution in [3.05, 3.63) is 34.1 Å². The quantitative estimate of drug-likeness (QED) is 0.798. The molecule has 0 aromatic heterocycles. The Balaban J connectivity index is 2.05. The van der Waals surface area contributed by atoms with Crippen LogP contribution in [0.1, 0.15) is 52.0 Å². The molecule has 2 N–H and O–H groups in total. The zero-order valence-corrected chi connectivity index (χ0v) is 14.3. The van der Waals surface area contributed by atoms with Crippen molar-refractivity contribution in [1.82, 2.24) is 0 Å². The van der Waals surface area contributed by atoms with Crippen LogP contribution in [0.25, 0.3) is 0 Å². The lowest BCUT2D eigenvalue weighted by molar-refractivity contribution is 0.134. The molecule has 0 saturated heterocycles. The van der Waals surface area contributed by atoms with E-state index < -0.39 is 0 Å². The van der Waals surface area contributed by atoms with Crippen molar-refractivity contribution in [3.63, 3.8) is 0 Å². The van der Waals surface area contributed by atoms with Gasteiger partial charge in [-0.25, -0.2) is 4.39 Å². The van der Waals surface area contributed by atoms with E-state index in [9.17, 15) is 4.39 Å². The first kappa shape index (κ1) is 16.0. The minimum atomic E-state index is -0.185. The molecule has 1 aliphatic rings. The van der Waals surface area contributed by atoms with E-state index in [1.54, 1.807) is 12.1 Å². The van der Waals surface area contributed by atoms with Gasteiger partial charge >= 0.3 is 0 Å². The fraction of sp³-hybridized carbons (Fsp3) is 0.647. The molecule has 1 aliphatic carbocycles. The average molecular weight is 342 g/mol. The Morgan fingerprint density at radius 3 is 2.45 bits per heavy atom. The summed E-state index contributed by atoms with van der Waals surface area (Å²) >= 11 is 3.50. The summed E-state index contributed by atoms with van der Waals surface area (Å²) in [5.41, 5.74) is 7.74. The highest BCUT2D eigenvalue weighted by atomic mass is 79.9. The molecular weight excluding hydrogens is 317 g/mol. The zero-order chi connectivity index (χ0) is 15.0. The predicted molar refractivity (Wildman–Crippen MR) is 86.1 cm³/mol. The highest BCUT2D eigenvalue weighted by Crippen LogP contribution is 2.42. The molecule has 0 radical (unpaired) electrons. The molecule has 1 saturated carbocycles. The van der Waals surface area contributed by atoms with Crippen molar-refractivity contribution < 1.29 is 4.39 Å². The van der Waals surface area contributed by atoms with Crippen LogP contribution < -0.4 is 5.73 Å². The SMILES string of the molecule is CC(C)(C)C1CCC(N)(Cc2cc(F)ccc2Br)CC1. The summed E-state index contributed by atoms with van der Waals surface area (Å²) in [5.74, 6) is 0.560. The fourth-order valence-electron chi connectivity index (χ4n) is 3.29. The minimum absolute atomic E-state index is 0.182. The van der Waals surface area contributed by atoms with Crippen LogP contribution in [-0.4, -0.2) is 5.54 Å². The van der Waals surface area contributed by atoms with Crippen molar-refractivity contribution in [3.8, 4) is 0 Å². The van der Waals surface area contributed by atoms with Gasteiger partial charge in [0.05, 0.1) is 0 Å². The van der Waals surface area contributed by atoms with Crippen LogP contribution in [0.3, 0.4) is 0 Å². The number of nitrogens with two attached hydrogens (primary N) is 1. The highest BCUT2D eigenvalue weighted by molar-refractivity contribution is 9.10. The predicted octanol–water partition coefficient (Wildman–Crippen LogP) is 5.06. The molecule has 0 heterocycles. The van der Waals surface area contributed by atoms with Gasteiger partial charge in [-0.15, -0.1) is 0 Å². The molecule has 20 heavy (non-hydrogen) atoms. The first-order chi connectivity index (χ1) is 9.20. The maximum Gasteiger partial charge on any atom is 0.123 e. The van der Waals surface area contributed by atoms with Crippen LogP contribution in [-0.2, 0) is 6.42 Å². The van der Waals surface area contributed by atoms with Crippen LogP contribution in [0.4, 0.5) is 4.39 Å². The molecular formula is C17H25BrFN. The van der Waals surface area contributed by atoms with Crippen LogP contribution in [0, 0.1) is 17.2 Å². The Bertz CT molecular complexity index is 470. The van der Waals surface area contributed by atoms with Crippen LogP contribution in [0.5, 0.6) is 0 Å². The van der Waals surface area contributed by atoms with E-state index in [0.29, 0.717) is 5.41 Å². The molecule has 1 aromatic carbocycles. The second kappa shape index (κ2) is 5.76. The Kier molecular flexibility index (Phi) is 4.60. The normalized spacial score (nSPS) is 27.6. The number of halogens is 2. The second-order valence-electron chi connectivity index (χ2n) is 7.42. The molecule has 0 unspecified atom stereocenters. The van der Waals surface area contributed by atoms with Gasteiger partial charge < -0.3 is 5.73 Å². The molecule has 0 atom stereocenters. The number of rotatable bonds is 2. The summed E-state index contributed by atoms with van der Waals surface area (Å²) in [7, 11) is 0. The van der Waals surface area contributed by atoms with Crippen LogP contribution in [0.2, 0.25) is 0 Å². The summed E-state index contributed by atoms with van der Waals surface area (Å²) < 4.78 is 14.3. The van der Waals surface area contributed by atoms with Gasteiger partial charge in [-0.1, -0.05) is 36.7 Å². The van der Waals surface area contributed by atoms with Gasteiger partial charge in [0.1, 0.15) is 5.82 Å². The lowest BCUT2D eigenvalue weighted by Crippen LogP contribution is -2.46. The summed E-state index contributed by atoms with van der Waals surface area (Å²) in [5, 5.41) is 0. The van der Waals surface area contributed by atoms with Crippen molar-refractivity contribution in [1.29, 1.82) is 0 Å². The molecule has 1 fully saturated rings. The topological polar surface area (TPSA) is 26.0 Å². The standard InChI is InChI=1S/C17H25BrFN/c1-16(2,3)13-6-8-17(20,9-7-13)11-12-10-14(19)4-5-15(12)18/h4-5,10,13H,6-9,11,20H2,1-3H3. The van der Waals surface area contributed by atoms with E-state index in [1.165, 1.54) is 18.9 Å². The van der Waals surface area contributed by atoms with E-state index in [0.717, 1.165) is 35.2 Å². The molecule has 1 nitrogen and oxygen atoms in total. The lowest BCUT2D eigenvalue weighted by Gasteiger charge is -2.42. The lowest BCUT2D eigenvalue weighted by atomic mass is 9.66. The molecule has 0 amide bonds. The minimum Gasteiger partial charge on any atom is -0.325 e. The van der Waals surface area contributed by atoms with Crippen molar-refractivity contribution in [2.45, 2.75) is 58.4 Å². The largest absolute Gasteiger partial charge is 0.325 e. The van der Waals surface area contributed by atoms with E-state index in [4.69, 9.17) is 5.73 Å². The fourth-order valence-corrected chi connectivity index (χ4v) is 3.68. The number of hydrogen-bond acceptors (Lipinski definition) is 1. The van der Waals surface area contributed by atoms with Crippen molar-refractivity contribution in [2.75, 3.05) is 0 Å². The molecule has 2 rings (SSSR count). The molecule has 0 aliphatic heterocycles. The molecule has 0 spiro atoms. The summed E-state index contributed by atoms with van der Waals surface area (Å²) in [6.07, 6.45) is 5.15. The Morgan fingerprint density at radius 1 is 1.30 bits per heavy atom. The molecule has 0 bridgehead atoms. The van der Waals surface area contributed by atoms with Gasteiger partial charge in [0, 0.05) is 10.0 Å². The third-order valence-electron chi connectivity index (χ3n) is 4.76. The van der Waals surface area contributed by atoms with Gasteiger partial charge in [-0.2, -0.15) is 0 Å². The number of hydrogen-bond donors (Lipinski definition) is 1. The maximum atomic E-state index is 13.4. The summed E-state index contributed by atoms with van der Waals surface area (Å²) in [4.78, 5) is 0. The Morgan fingerprint density at radius 2 is 1.90 bits per heavy atom.